The fraction of sp³-hybridized carbons (Fsp3) is 0.400. The summed E-state index contributed by atoms with van der Waals surface area (Å²) >= 11 is 0. The molecule has 2 aromatic carbocycles. The summed E-state index contributed by atoms with van der Waals surface area (Å²) in [7, 11) is 2.29. The van der Waals surface area contributed by atoms with E-state index in [1.165, 1.54) is 44.5 Å². The highest BCUT2D eigenvalue weighted by molar-refractivity contribution is 7.13. The quantitative estimate of drug-likeness (QED) is 0.763. The summed E-state index contributed by atoms with van der Waals surface area (Å²) in [6, 6.07) is 4.64. The molecule has 0 spiro atoms. The van der Waals surface area contributed by atoms with E-state index in [2.05, 4.69) is 67.5 Å². The maximum Gasteiger partial charge on any atom is 0.130 e. The minimum atomic E-state index is 1.14. The molecule has 0 amide bonds. The summed E-state index contributed by atoms with van der Waals surface area (Å²) in [4.78, 5) is 0. The molecule has 2 aromatic rings. The first-order chi connectivity index (χ1) is 10.2. The molecule has 0 aromatic heterocycles. The van der Waals surface area contributed by atoms with Gasteiger partial charge in [0.1, 0.15) is 14.3 Å². The lowest BCUT2D eigenvalue weighted by atomic mass is 9.32. The zero-order valence-electron chi connectivity index (χ0n) is 15.6. The Hall–Kier alpha value is -1.43. The van der Waals surface area contributed by atoms with Crippen LogP contribution < -0.4 is 10.9 Å². The van der Waals surface area contributed by atoms with Crippen molar-refractivity contribution >= 4 is 25.3 Å². The average molecular weight is 290 g/mol. The van der Waals surface area contributed by atoms with Gasteiger partial charge in [-0.05, 0) is 77.6 Å². The maximum atomic E-state index is 2.32. The molecule has 0 aliphatic carbocycles. The van der Waals surface area contributed by atoms with E-state index >= 15 is 0 Å². The number of aryl methyl sites for hydroxylation is 4. The highest BCUT2D eigenvalue weighted by atomic mass is 14.1. The van der Waals surface area contributed by atoms with Crippen LogP contribution in [0, 0.1) is 55.4 Å². The second-order valence-corrected chi connectivity index (χ2v) is 6.98. The topological polar surface area (TPSA) is 0 Å². The summed E-state index contributed by atoms with van der Waals surface area (Å²) in [6.45, 7) is 18.0. The highest BCUT2D eigenvalue weighted by Crippen LogP contribution is 2.14. The van der Waals surface area contributed by atoms with Gasteiger partial charge in [-0.2, -0.15) is 0 Å². The summed E-state index contributed by atoms with van der Waals surface area (Å²) in [6.07, 6.45) is 0. The summed E-state index contributed by atoms with van der Waals surface area (Å²) < 4.78 is 0. The van der Waals surface area contributed by atoms with Crippen LogP contribution in [0.1, 0.15) is 44.5 Å². The van der Waals surface area contributed by atoms with Crippen molar-refractivity contribution in [1.29, 1.82) is 0 Å². The van der Waals surface area contributed by atoms with Gasteiger partial charge in [-0.25, -0.2) is 0 Å². The maximum absolute atomic E-state index is 2.32. The number of hydrogen-bond acceptors (Lipinski definition) is 0. The van der Waals surface area contributed by atoms with Crippen LogP contribution in [0.5, 0.6) is 0 Å². The molecule has 0 atom stereocenters. The Morgan fingerprint density at radius 1 is 0.455 bits per heavy atom. The lowest BCUT2D eigenvalue weighted by Gasteiger charge is -2.17. The van der Waals surface area contributed by atoms with Crippen molar-refractivity contribution in [2.45, 2.75) is 55.4 Å². The Morgan fingerprint density at radius 3 is 0.909 bits per heavy atom. The van der Waals surface area contributed by atoms with E-state index in [9.17, 15) is 0 Å². The zero-order valence-corrected chi connectivity index (χ0v) is 15.6. The molecule has 0 saturated carbocycles. The van der Waals surface area contributed by atoms with Gasteiger partial charge in [0.15, 0.2) is 0 Å². The molecule has 2 rings (SSSR count). The van der Waals surface area contributed by atoms with Crippen LogP contribution in [0.4, 0.5) is 0 Å². The van der Waals surface area contributed by atoms with E-state index in [4.69, 9.17) is 0 Å². The third-order valence-electron chi connectivity index (χ3n) is 5.67. The first kappa shape index (κ1) is 16.9. The molecule has 0 heterocycles. The van der Waals surface area contributed by atoms with Gasteiger partial charge in [0.2, 0.25) is 0 Å². The van der Waals surface area contributed by atoms with Crippen molar-refractivity contribution in [3.05, 3.63) is 56.6 Å². The molecule has 0 aliphatic rings. The Morgan fingerprint density at radius 2 is 0.682 bits per heavy atom. The van der Waals surface area contributed by atoms with Gasteiger partial charge in [0.25, 0.3) is 0 Å². The van der Waals surface area contributed by atoms with Gasteiger partial charge in [-0.1, -0.05) is 45.3 Å². The van der Waals surface area contributed by atoms with Gasteiger partial charge < -0.3 is 0 Å². The van der Waals surface area contributed by atoms with E-state index in [0.717, 1.165) is 14.3 Å². The highest BCUT2D eigenvalue weighted by Gasteiger charge is 2.14. The molecule has 0 fully saturated rings. The molecule has 0 unspecified atom stereocenters. The van der Waals surface area contributed by atoms with E-state index in [1.807, 2.05) is 0 Å². The van der Waals surface area contributed by atoms with Crippen LogP contribution in [-0.4, -0.2) is 14.3 Å². The van der Waals surface area contributed by atoms with E-state index < -0.39 is 0 Å². The molecular formula is C20H28B2. The molecule has 22 heavy (non-hydrogen) atoms. The fourth-order valence-corrected chi connectivity index (χ4v) is 3.60. The third-order valence-corrected chi connectivity index (χ3v) is 5.67. The van der Waals surface area contributed by atoms with Crippen LogP contribution in [0.3, 0.4) is 0 Å². The third kappa shape index (κ3) is 3.02. The molecule has 0 N–H and O–H groups in total. The van der Waals surface area contributed by atoms with Crippen molar-refractivity contribution in [2.75, 3.05) is 0 Å². The predicted octanol–water partition coefficient (Wildman–Crippen LogP) is 2.89. The Kier molecular flexibility index (Phi) is 4.90. The number of rotatable bonds is 3. The van der Waals surface area contributed by atoms with E-state index in [1.54, 1.807) is 10.9 Å². The second-order valence-electron chi connectivity index (χ2n) is 6.98. The average Bonchev–Trinajstić information content (AvgIpc) is 2.46. The van der Waals surface area contributed by atoms with Crippen molar-refractivity contribution in [1.82, 2.24) is 0 Å². The molecule has 0 bridgehead atoms. The first-order valence-corrected chi connectivity index (χ1v) is 8.36. The minimum absolute atomic E-state index is 1.14. The Labute approximate surface area is 137 Å². The monoisotopic (exact) mass is 290 g/mol. The lowest BCUT2D eigenvalue weighted by molar-refractivity contribution is 1.27. The second kappa shape index (κ2) is 6.36. The smallest absolute Gasteiger partial charge is 0.0863 e. The number of hydrogen-bond donors (Lipinski definition) is 0. The van der Waals surface area contributed by atoms with Crippen molar-refractivity contribution < 1.29 is 0 Å². The van der Waals surface area contributed by atoms with Crippen LogP contribution in [-0.2, 0) is 0 Å². The molecular weight excluding hydrogens is 262 g/mol. The molecule has 0 aliphatic heterocycles. The van der Waals surface area contributed by atoms with Crippen LogP contribution in [0.2, 0.25) is 0 Å². The minimum Gasteiger partial charge on any atom is -0.0863 e. The standard InChI is InChI=1S/C20H28B2/c1-11-9-12(2)16(6)19(15(11)5)21-22-20-17(7)13(3)10-14(4)18(20)8/h9-10,21-22H,1-8H3. The van der Waals surface area contributed by atoms with Gasteiger partial charge in [-0.15, -0.1) is 0 Å². The normalized spacial score (nSPS) is 10.7. The van der Waals surface area contributed by atoms with Crippen LogP contribution in [0.15, 0.2) is 12.1 Å². The summed E-state index contributed by atoms with van der Waals surface area (Å²) in [5.41, 5.74) is 14.7. The fourth-order valence-electron chi connectivity index (χ4n) is 3.60. The van der Waals surface area contributed by atoms with Crippen molar-refractivity contribution in [3.63, 3.8) is 0 Å². The largest absolute Gasteiger partial charge is 0.130 e. The molecule has 114 valence electrons. The molecule has 2 heteroatoms. The molecule has 0 nitrogen and oxygen atoms in total. The predicted molar refractivity (Wildman–Crippen MR) is 104 cm³/mol. The van der Waals surface area contributed by atoms with E-state index in [0.29, 0.717) is 0 Å². The Bertz CT molecular complexity index is 611. The number of benzene rings is 2. The van der Waals surface area contributed by atoms with Gasteiger partial charge >= 0.3 is 0 Å². The van der Waals surface area contributed by atoms with E-state index in [-0.39, 0.29) is 0 Å². The van der Waals surface area contributed by atoms with Crippen LogP contribution in [0.25, 0.3) is 0 Å². The molecule has 0 saturated heterocycles. The van der Waals surface area contributed by atoms with Crippen molar-refractivity contribution in [2.24, 2.45) is 0 Å². The van der Waals surface area contributed by atoms with Gasteiger partial charge in [-0.3, -0.25) is 0 Å². The first-order valence-electron chi connectivity index (χ1n) is 8.36. The van der Waals surface area contributed by atoms with Crippen LogP contribution >= 0.6 is 0 Å². The summed E-state index contributed by atoms with van der Waals surface area (Å²) in [5, 5.41) is 0. The SMILES string of the molecule is Cc1cc(C)c(C)c(BBc2c(C)c(C)cc(C)c2C)c1C. The van der Waals surface area contributed by atoms with Crippen molar-refractivity contribution in [3.8, 4) is 0 Å². The lowest BCUT2D eigenvalue weighted by Crippen LogP contribution is -2.36. The van der Waals surface area contributed by atoms with Gasteiger partial charge in [0.05, 0.1) is 0 Å². The zero-order chi connectivity index (χ0) is 16.6. The van der Waals surface area contributed by atoms with Gasteiger partial charge in [0, 0.05) is 0 Å². The molecule has 0 radical (unpaired) electrons. The summed E-state index contributed by atoms with van der Waals surface area (Å²) in [5.74, 6) is 0. The Balaban J connectivity index is 2.40.